The highest BCUT2D eigenvalue weighted by Crippen LogP contribution is 2.29. The van der Waals surface area contributed by atoms with Crippen molar-refractivity contribution in [3.05, 3.63) is 70.5 Å². The molecule has 0 unspecified atom stereocenters. The molecule has 5 rings (SSSR count). The fourth-order valence-electron chi connectivity index (χ4n) is 3.97. The number of anilines is 1. The predicted molar refractivity (Wildman–Crippen MR) is 129 cm³/mol. The molecule has 3 aromatic rings. The van der Waals surface area contributed by atoms with Crippen LogP contribution in [0, 0.1) is 0 Å². The third-order valence-corrected chi connectivity index (χ3v) is 8.76. The van der Waals surface area contributed by atoms with Gasteiger partial charge in [0.05, 0.1) is 30.3 Å². The van der Waals surface area contributed by atoms with Crippen LogP contribution in [-0.2, 0) is 27.7 Å². The first-order valence-corrected chi connectivity index (χ1v) is 13.4. The summed E-state index contributed by atoms with van der Waals surface area (Å²) in [7, 11) is -3.61. The molecule has 2 aromatic heterocycles. The Hall–Kier alpha value is -3.19. The zero-order valence-corrected chi connectivity index (χ0v) is 20.3. The molecule has 182 valence electrons. The first-order valence-electron chi connectivity index (χ1n) is 11.1. The number of carbonyl (C=O) groups is 2. The summed E-state index contributed by atoms with van der Waals surface area (Å²) in [6.45, 7) is 2.24. The van der Waals surface area contributed by atoms with E-state index in [4.69, 9.17) is 4.74 Å². The van der Waals surface area contributed by atoms with E-state index < -0.39 is 10.0 Å². The number of carbonyl (C=O) groups excluding carboxylic acids is 2. The number of hydrogen-bond donors (Lipinski definition) is 1. The lowest BCUT2D eigenvalue weighted by atomic mass is 10.1. The van der Waals surface area contributed by atoms with E-state index in [1.807, 2.05) is 0 Å². The van der Waals surface area contributed by atoms with Gasteiger partial charge in [-0.3, -0.25) is 19.9 Å². The molecule has 0 spiro atoms. The Morgan fingerprint density at radius 1 is 1.03 bits per heavy atom. The highest BCUT2D eigenvalue weighted by atomic mass is 32.2. The van der Waals surface area contributed by atoms with Crippen LogP contribution in [0.3, 0.4) is 0 Å². The van der Waals surface area contributed by atoms with Gasteiger partial charge in [-0.1, -0.05) is 17.4 Å². The number of hydrogen-bond acceptors (Lipinski definition) is 8. The molecule has 1 saturated heterocycles. The van der Waals surface area contributed by atoms with Crippen molar-refractivity contribution >= 4 is 38.3 Å². The van der Waals surface area contributed by atoms with Crippen LogP contribution in [0.15, 0.2) is 53.6 Å². The summed E-state index contributed by atoms with van der Waals surface area (Å²) < 4.78 is 32.3. The van der Waals surface area contributed by atoms with Crippen molar-refractivity contribution < 1.29 is 22.7 Å². The van der Waals surface area contributed by atoms with Gasteiger partial charge in [-0.2, -0.15) is 4.31 Å². The molecule has 35 heavy (non-hydrogen) atoms. The molecule has 4 heterocycles. The number of morpholine rings is 1. The maximum Gasteiger partial charge on any atom is 0.276 e. The van der Waals surface area contributed by atoms with Crippen molar-refractivity contribution in [3.8, 4) is 0 Å². The average Bonchev–Trinajstić information content (AvgIpc) is 3.31. The maximum absolute atomic E-state index is 13.1. The molecule has 2 amide bonds. The van der Waals surface area contributed by atoms with Crippen LogP contribution in [0.25, 0.3) is 0 Å². The Labute approximate surface area is 206 Å². The number of benzene rings is 1. The van der Waals surface area contributed by atoms with Gasteiger partial charge in [-0.25, -0.2) is 13.4 Å². The molecule has 0 aliphatic carbocycles. The second kappa shape index (κ2) is 9.82. The second-order valence-corrected chi connectivity index (χ2v) is 11.1. The lowest BCUT2D eigenvalue weighted by Crippen LogP contribution is -2.40. The fraction of sp³-hybridized carbons (Fsp3) is 0.304. The number of rotatable bonds is 5. The Morgan fingerprint density at radius 3 is 2.51 bits per heavy atom. The van der Waals surface area contributed by atoms with Gasteiger partial charge in [0, 0.05) is 42.7 Å². The lowest BCUT2D eigenvalue weighted by Gasteiger charge is -2.27. The van der Waals surface area contributed by atoms with Crippen LogP contribution in [0.5, 0.6) is 0 Å². The minimum Gasteiger partial charge on any atom is -0.379 e. The minimum atomic E-state index is -3.61. The third kappa shape index (κ3) is 4.96. The van der Waals surface area contributed by atoms with E-state index in [1.54, 1.807) is 41.4 Å². The van der Waals surface area contributed by atoms with E-state index in [2.05, 4.69) is 15.3 Å². The van der Waals surface area contributed by atoms with Gasteiger partial charge in [0.1, 0.15) is 5.69 Å². The molecular weight excluding hydrogens is 490 g/mol. The molecule has 1 aromatic carbocycles. The number of pyridine rings is 1. The Morgan fingerprint density at radius 2 is 1.80 bits per heavy atom. The summed E-state index contributed by atoms with van der Waals surface area (Å²) in [4.78, 5) is 36.8. The zero-order valence-electron chi connectivity index (χ0n) is 18.7. The molecule has 10 nitrogen and oxygen atoms in total. The van der Waals surface area contributed by atoms with Crippen LogP contribution in [0.2, 0.25) is 0 Å². The Bertz CT molecular complexity index is 1340. The topological polar surface area (TPSA) is 122 Å². The maximum atomic E-state index is 13.1. The molecule has 0 saturated carbocycles. The standard InChI is InChI=1S/C23H23N5O5S2/c29-21(19-3-1-2-9-24-19)26-23-25-18-8-10-27(15-20(18)34-23)22(30)16-4-6-17(7-5-16)35(31,32)28-11-13-33-14-12-28/h1-7,9H,8,10-15H2,(H,25,26,29). The Kier molecular flexibility index (Phi) is 6.60. The first-order chi connectivity index (χ1) is 16.9. The van der Waals surface area contributed by atoms with E-state index in [1.165, 1.54) is 27.8 Å². The Balaban J connectivity index is 1.25. The molecule has 0 bridgehead atoms. The highest BCUT2D eigenvalue weighted by Gasteiger charge is 2.28. The summed E-state index contributed by atoms with van der Waals surface area (Å²) in [5.41, 5.74) is 1.58. The number of nitrogens with zero attached hydrogens (tertiary/aromatic N) is 4. The number of fused-ring (bicyclic) bond motifs is 1. The number of thiazole rings is 1. The molecule has 1 fully saturated rings. The zero-order chi connectivity index (χ0) is 24.4. The number of ether oxygens (including phenoxy) is 1. The fourth-order valence-corrected chi connectivity index (χ4v) is 6.40. The number of aromatic nitrogens is 2. The van der Waals surface area contributed by atoms with Crippen LogP contribution in [0.4, 0.5) is 5.13 Å². The highest BCUT2D eigenvalue weighted by molar-refractivity contribution is 7.89. The molecule has 12 heteroatoms. The summed E-state index contributed by atoms with van der Waals surface area (Å²) in [5, 5.41) is 3.24. The van der Waals surface area contributed by atoms with Crippen LogP contribution < -0.4 is 5.32 Å². The summed E-state index contributed by atoms with van der Waals surface area (Å²) >= 11 is 1.34. The van der Waals surface area contributed by atoms with E-state index in [0.29, 0.717) is 62.2 Å². The van der Waals surface area contributed by atoms with Crippen molar-refractivity contribution in [2.75, 3.05) is 38.2 Å². The van der Waals surface area contributed by atoms with E-state index >= 15 is 0 Å². The van der Waals surface area contributed by atoms with Crippen molar-refractivity contribution in [3.63, 3.8) is 0 Å². The van der Waals surface area contributed by atoms with Gasteiger partial charge >= 0.3 is 0 Å². The number of amides is 2. The second-order valence-electron chi connectivity index (χ2n) is 8.08. The first kappa shape index (κ1) is 23.5. The van der Waals surface area contributed by atoms with Crippen molar-refractivity contribution in [2.24, 2.45) is 0 Å². The minimum absolute atomic E-state index is 0.160. The van der Waals surface area contributed by atoms with Crippen molar-refractivity contribution in [2.45, 2.75) is 17.9 Å². The third-order valence-electron chi connectivity index (χ3n) is 5.85. The van der Waals surface area contributed by atoms with Crippen LogP contribution >= 0.6 is 11.3 Å². The molecule has 0 radical (unpaired) electrons. The van der Waals surface area contributed by atoms with Gasteiger partial charge in [0.25, 0.3) is 11.8 Å². The van der Waals surface area contributed by atoms with E-state index in [0.717, 1.165) is 10.6 Å². The van der Waals surface area contributed by atoms with Crippen molar-refractivity contribution in [1.29, 1.82) is 0 Å². The van der Waals surface area contributed by atoms with Crippen molar-refractivity contribution in [1.82, 2.24) is 19.2 Å². The summed E-state index contributed by atoms with van der Waals surface area (Å²) in [6.07, 6.45) is 2.12. The summed E-state index contributed by atoms with van der Waals surface area (Å²) in [5.74, 6) is -0.518. The molecule has 0 atom stereocenters. The van der Waals surface area contributed by atoms with Gasteiger partial charge in [0.15, 0.2) is 5.13 Å². The summed E-state index contributed by atoms with van der Waals surface area (Å²) in [6, 6.07) is 11.2. The monoisotopic (exact) mass is 513 g/mol. The average molecular weight is 514 g/mol. The largest absolute Gasteiger partial charge is 0.379 e. The van der Waals surface area contributed by atoms with Gasteiger partial charge in [0.2, 0.25) is 10.0 Å². The SMILES string of the molecule is O=C(Nc1nc2c(s1)CN(C(=O)c1ccc(S(=O)(=O)N3CCOCC3)cc1)CC2)c1ccccn1. The lowest BCUT2D eigenvalue weighted by molar-refractivity contribution is 0.0730. The van der Waals surface area contributed by atoms with Gasteiger partial charge < -0.3 is 9.64 Å². The molecular formula is C23H23N5O5S2. The van der Waals surface area contributed by atoms with E-state index in [-0.39, 0.29) is 16.7 Å². The number of sulfonamides is 1. The number of nitrogens with one attached hydrogen (secondary N) is 1. The van der Waals surface area contributed by atoms with Gasteiger partial charge in [-0.15, -0.1) is 0 Å². The van der Waals surface area contributed by atoms with Gasteiger partial charge in [-0.05, 0) is 36.4 Å². The van der Waals surface area contributed by atoms with E-state index in [9.17, 15) is 18.0 Å². The molecule has 2 aliphatic heterocycles. The van der Waals surface area contributed by atoms with Crippen LogP contribution in [0.1, 0.15) is 31.4 Å². The predicted octanol–water partition coefficient (Wildman–Crippen LogP) is 2.01. The molecule has 1 N–H and O–H groups in total. The normalized spacial score (nSPS) is 16.5. The van der Waals surface area contributed by atoms with Crippen LogP contribution in [-0.4, -0.2) is 72.3 Å². The smallest absolute Gasteiger partial charge is 0.276 e. The quantitative estimate of drug-likeness (QED) is 0.554. The molecule has 2 aliphatic rings.